The van der Waals surface area contributed by atoms with E-state index in [0.717, 1.165) is 6.42 Å². The first-order chi connectivity index (χ1) is 17.8. The van der Waals surface area contributed by atoms with Crippen molar-refractivity contribution in [3.05, 3.63) is 95.1 Å². The van der Waals surface area contributed by atoms with E-state index in [2.05, 4.69) is 0 Å². The van der Waals surface area contributed by atoms with E-state index in [1.807, 2.05) is 6.92 Å². The normalized spacial score (nSPS) is 16.6. The second kappa shape index (κ2) is 11.0. The Hall–Kier alpha value is -4.59. The Kier molecular flexibility index (Phi) is 7.57. The number of Topliss-reactive ketones (excluding diaryl/α,β-unsaturated/α-hetero) is 1. The average Bonchev–Trinajstić information content (AvgIpc) is 3.17. The first kappa shape index (κ1) is 25.5. The molecule has 1 aliphatic heterocycles. The number of para-hydroxylation sites is 1. The van der Waals surface area contributed by atoms with Crippen molar-refractivity contribution in [1.29, 1.82) is 0 Å². The van der Waals surface area contributed by atoms with Gasteiger partial charge in [0.2, 0.25) is 0 Å². The quantitative estimate of drug-likeness (QED) is 0.247. The first-order valence-corrected chi connectivity index (χ1v) is 11.8. The van der Waals surface area contributed by atoms with Crippen molar-refractivity contribution in [3.8, 4) is 11.5 Å². The number of ketones is 1. The van der Waals surface area contributed by atoms with Gasteiger partial charge in [-0.15, -0.1) is 0 Å². The van der Waals surface area contributed by atoms with Gasteiger partial charge >= 0.3 is 5.97 Å². The first-order valence-electron chi connectivity index (χ1n) is 11.8. The summed E-state index contributed by atoms with van der Waals surface area (Å²) in [7, 11) is 1.49. The van der Waals surface area contributed by atoms with Crippen LogP contribution in [0.3, 0.4) is 0 Å². The lowest BCUT2D eigenvalue weighted by atomic mass is 9.94. The fraction of sp³-hybridized carbons (Fsp3) is 0.207. The minimum absolute atomic E-state index is 0.0775. The van der Waals surface area contributed by atoms with Crippen LogP contribution in [0.1, 0.15) is 36.1 Å². The Morgan fingerprint density at radius 1 is 0.946 bits per heavy atom. The van der Waals surface area contributed by atoms with E-state index >= 15 is 0 Å². The average molecular weight is 502 g/mol. The molecule has 1 unspecified atom stereocenters. The maximum Gasteiger partial charge on any atom is 0.307 e. The molecule has 1 heterocycles. The molecule has 0 saturated carbocycles. The van der Waals surface area contributed by atoms with Crippen molar-refractivity contribution in [2.45, 2.75) is 25.8 Å². The van der Waals surface area contributed by atoms with Gasteiger partial charge in [0, 0.05) is 16.8 Å². The molecule has 4 rings (SSSR count). The summed E-state index contributed by atoms with van der Waals surface area (Å²) in [5.41, 5.74) is 1.73. The lowest BCUT2D eigenvalue weighted by Gasteiger charge is -2.26. The number of carboxylic acid groups (broad SMARTS) is 1. The van der Waals surface area contributed by atoms with E-state index < -0.39 is 23.7 Å². The number of aliphatic carboxylic acids is 1. The van der Waals surface area contributed by atoms with Gasteiger partial charge in [-0.05, 0) is 54.4 Å². The van der Waals surface area contributed by atoms with Gasteiger partial charge in [0.1, 0.15) is 17.3 Å². The van der Waals surface area contributed by atoms with E-state index in [0.29, 0.717) is 40.5 Å². The molecule has 0 radical (unpaired) electrons. The molecule has 190 valence electrons. The summed E-state index contributed by atoms with van der Waals surface area (Å²) in [5, 5.41) is 20.4. The van der Waals surface area contributed by atoms with Crippen LogP contribution in [-0.2, 0) is 20.8 Å². The van der Waals surface area contributed by atoms with Crippen molar-refractivity contribution in [3.63, 3.8) is 0 Å². The van der Waals surface area contributed by atoms with Crippen molar-refractivity contribution in [2.24, 2.45) is 0 Å². The summed E-state index contributed by atoms with van der Waals surface area (Å²) in [5.74, 6) is -1.88. The molecular weight excluding hydrogens is 474 g/mol. The second-order valence-corrected chi connectivity index (χ2v) is 8.52. The third kappa shape index (κ3) is 5.18. The van der Waals surface area contributed by atoms with Gasteiger partial charge in [-0.25, -0.2) is 0 Å². The van der Waals surface area contributed by atoms with Crippen LogP contribution in [0.25, 0.3) is 5.76 Å². The number of benzene rings is 3. The van der Waals surface area contributed by atoms with Crippen LogP contribution in [0.2, 0.25) is 0 Å². The van der Waals surface area contributed by atoms with E-state index in [9.17, 15) is 19.5 Å². The number of nitrogens with zero attached hydrogens (tertiary/aromatic N) is 1. The Balaban J connectivity index is 1.84. The predicted octanol–water partition coefficient (Wildman–Crippen LogP) is 4.74. The molecule has 1 amide bonds. The zero-order valence-corrected chi connectivity index (χ0v) is 20.5. The number of methoxy groups -OCH3 is 1. The zero-order chi connectivity index (χ0) is 26.5. The minimum atomic E-state index is -0.978. The molecule has 0 aliphatic carbocycles. The maximum atomic E-state index is 13.4. The third-order valence-corrected chi connectivity index (χ3v) is 6.05. The highest BCUT2D eigenvalue weighted by Gasteiger charge is 2.47. The van der Waals surface area contributed by atoms with Crippen LogP contribution in [0.5, 0.6) is 11.5 Å². The van der Waals surface area contributed by atoms with Crippen molar-refractivity contribution in [1.82, 2.24) is 0 Å². The summed E-state index contributed by atoms with van der Waals surface area (Å²) in [4.78, 5) is 39.1. The molecule has 0 aromatic heterocycles. The standard InChI is InChI=1S/C29H27NO7/c1-3-16-37-21-14-10-19(11-15-21)27(33)25-26(22-6-4-5-7-23(22)36-2)30(29(35)28(25)34)20-12-8-18(9-13-20)17-24(31)32/h4-15,26,33H,3,16-17H2,1-2H3,(H,31,32)/b27-25-. The van der Waals surface area contributed by atoms with Crippen molar-refractivity contribution in [2.75, 3.05) is 18.6 Å². The Morgan fingerprint density at radius 2 is 1.62 bits per heavy atom. The number of rotatable bonds is 9. The number of ether oxygens (including phenoxy) is 2. The number of hydrogen-bond donors (Lipinski definition) is 2. The lowest BCUT2D eigenvalue weighted by molar-refractivity contribution is -0.136. The molecule has 0 spiro atoms. The van der Waals surface area contributed by atoms with Crippen LogP contribution in [0.15, 0.2) is 78.4 Å². The third-order valence-electron chi connectivity index (χ3n) is 6.05. The molecule has 3 aromatic rings. The van der Waals surface area contributed by atoms with Crippen LogP contribution >= 0.6 is 0 Å². The van der Waals surface area contributed by atoms with E-state index in [4.69, 9.17) is 14.6 Å². The van der Waals surface area contributed by atoms with Crippen LogP contribution in [-0.4, -0.2) is 41.6 Å². The van der Waals surface area contributed by atoms with Gasteiger partial charge in [0.05, 0.1) is 31.8 Å². The summed E-state index contributed by atoms with van der Waals surface area (Å²) in [6, 6.07) is 19.0. The van der Waals surface area contributed by atoms with Crippen LogP contribution in [0.4, 0.5) is 5.69 Å². The molecule has 37 heavy (non-hydrogen) atoms. The molecule has 0 bridgehead atoms. The highest BCUT2D eigenvalue weighted by Crippen LogP contribution is 2.45. The largest absolute Gasteiger partial charge is 0.507 e. The molecular formula is C29H27NO7. The molecule has 8 heteroatoms. The number of aliphatic hydroxyl groups is 1. The number of hydrogen-bond acceptors (Lipinski definition) is 6. The minimum Gasteiger partial charge on any atom is -0.507 e. The Morgan fingerprint density at radius 3 is 2.24 bits per heavy atom. The molecule has 8 nitrogen and oxygen atoms in total. The number of carbonyl (C=O) groups is 3. The Labute approximate surface area is 214 Å². The fourth-order valence-electron chi connectivity index (χ4n) is 4.32. The van der Waals surface area contributed by atoms with Crippen molar-refractivity contribution < 1.29 is 34.1 Å². The van der Waals surface area contributed by atoms with Crippen molar-refractivity contribution >= 4 is 29.1 Å². The molecule has 1 fully saturated rings. The zero-order valence-electron chi connectivity index (χ0n) is 20.5. The summed E-state index contributed by atoms with van der Waals surface area (Å²) in [6.07, 6.45) is 0.675. The predicted molar refractivity (Wildman–Crippen MR) is 138 cm³/mol. The van der Waals surface area contributed by atoms with Crippen LogP contribution in [0, 0.1) is 0 Å². The number of carboxylic acids is 1. The molecule has 3 aromatic carbocycles. The maximum absolute atomic E-state index is 13.4. The number of aliphatic hydroxyl groups excluding tert-OH is 1. The molecule has 1 saturated heterocycles. The van der Waals surface area contributed by atoms with Gasteiger partial charge in [0.25, 0.3) is 11.7 Å². The topological polar surface area (TPSA) is 113 Å². The summed E-state index contributed by atoms with van der Waals surface area (Å²) < 4.78 is 11.1. The fourth-order valence-corrected chi connectivity index (χ4v) is 4.32. The van der Waals surface area contributed by atoms with E-state index in [1.165, 1.54) is 12.0 Å². The van der Waals surface area contributed by atoms with Gasteiger partial charge in [-0.3, -0.25) is 19.3 Å². The monoisotopic (exact) mass is 501 g/mol. The number of carbonyl (C=O) groups excluding carboxylic acids is 2. The van der Waals surface area contributed by atoms with Crippen LogP contribution < -0.4 is 14.4 Å². The second-order valence-electron chi connectivity index (χ2n) is 8.52. The Bertz CT molecular complexity index is 1340. The molecule has 1 aliphatic rings. The lowest BCUT2D eigenvalue weighted by Crippen LogP contribution is -2.29. The van der Waals surface area contributed by atoms with E-state index in [-0.39, 0.29) is 17.8 Å². The highest BCUT2D eigenvalue weighted by atomic mass is 16.5. The van der Waals surface area contributed by atoms with Gasteiger partial charge in [-0.2, -0.15) is 0 Å². The van der Waals surface area contributed by atoms with Gasteiger partial charge in [-0.1, -0.05) is 37.3 Å². The van der Waals surface area contributed by atoms with E-state index in [1.54, 1.807) is 72.8 Å². The highest BCUT2D eigenvalue weighted by molar-refractivity contribution is 6.51. The van der Waals surface area contributed by atoms with Gasteiger partial charge < -0.3 is 19.7 Å². The smallest absolute Gasteiger partial charge is 0.307 e. The summed E-state index contributed by atoms with van der Waals surface area (Å²) >= 11 is 0. The molecule has 2 N–H and O–H groups in total. The van der Waals surface area contributed by atoms with Gasteiger partial charge in [0.15, 0.2) is 0 Å². The number of amides is 1. The summed E-state index contributed by atoms with van der Waals surface area (Å²) in [6.45, 7) is 2.55. The number of anilines is 1. The SMILES string of the molecule is CCCOc1ccc(/C(O)=C2/C(=O)C(=O)N(c3ccc(CC(=O)O)cc3)C2c2ccccc2OC)cc1. The molecule has 1 atom stereocenters.